The minimum Gasteiger partial charge on any atom is -0.248 e. The van der Waals surface area contributed by atoms with Crippen molar-refractivity contribution in [1.82, 2.24) is 0 Å². The Kier molecular flexibility index (Phi) is 46.3. The van der Waals surface area contributed by atoms with Crippen molar-refractivity contribution < 1.29 is 16.8 Å². The van der Waals surface area contributed by atoms with Crippen molar-refractivity contribution in [2.75, 3.05) is 13.2 Å². The quantitative estimate of drug-likeness (QED) is 0.0463. The Hall–Kier alpha value is 0.669. The molecule has 0 unspecified atom stereocenters. The molecule has 0 aliphatic heterocycles. The van der Waals surface area contributed by atoms with Gasteiger partial charge in [-0.2, -0.15) is 8.42 Å². The van der Waals surface area contributed by atoms with E-state index in [0.29, 0.717) is 0 Å². The summed E-state index contributed by atoms with van der Waals surface area (Å²) in [6.07, 6.45) is 43.1. The van der Waals surface area contributed by atoms with E-state index in [1.165, 1.54) is 154 Å². The molecule has 4 nitrogen and oxygen atoms in total. The van der Waals surface area contributed by atoms with Crippen molar-refractivity contribution >= 4 is 31.5 Å². The predicted molar refractivity (Wildman–Crippen MR) is 207 cm³/mol. The topological polar surface area (TPSA) is 52.6 Å². The molecule has 0 amide bonds. The first-order chi connectivity index (χ1) is 22.5. The molecule has 0 aromatic rings. The molecule has 0 atom stereocenters. The normalized spacial score (nSPS) is 11.6. The summed E-state index contributed by atoms with van der Waals surface area (Å²) in [5.74, 6) is 0. The molecule has 46 heavy (non-hydrogen) atoms. The van der Waals surface area contributed by atoms with Crippen molar-refractivity contribution in [2.24, 2.45) is 0 Å². The van der Waals surface area contributed by atoms with Crippen LogP contribution in [0.3, 0.4) is 0 Å². The average Bonchev–Trinajstić information content (AvgIpc) is 3.05. The van der Waals surface area contributed by atoms with Crippen molar-refractivity contribution in [3.05, 3.63) is 0 Å². The molecular formula is C40H84O4SSn. The fourth-order valence-corrected chi connectivity index (χ4v) is 10.0. The Morgan fingerprint density at radius 3 is 0.804 bits per heavy atom. The van der Waals surface area contributed by atoms with Crippen LogP contribution >= 0.6 is 0 Å². The summed E-state index contributed by atoms with van der Waals surface area (Å²) in [6, 6.07) is 0. The van der Waals surface area contributed by atoms with E-state index in [1.54, 1.807) is 21.7 Å². The van der Waals surface area contributed by atoms with E-state index >= 15 is 0 Å². The smallest absolute Gasteiger partial charge is 0.248 e. The molecule has 0 bridgehead atoms. The number of rotatable bonds is 38. The Morgan fingerprint density at radius 1 is 0.326 bits per heavy atom. The molecule has 0 saturated heterocycles. The van der Waals surface area contributed by atoms with Gasteiger partial charge < -0.3 is 0 Å². The van der Waals surface area contributed by atoms with Crippen LogP contribution in [-0.2, 0) is 18.8 Å². The second-order valence-electron chi connectivity index (χ2n) is 13.7. The van der Waals surface area contributed by atoms with Gasteiger partial charge in [-0.25, -0.2) is 8.37 Å². The first-order valence-corrected chi connectivity index (χ1v) is 26.1. The second-order valence-corrected chi connectivity index (χ2v) is 19.3. The van der Waals surface area contributed by atoms with Gasteiger partial charge in [0, 0.05) is 0 Å². The molecule has 0 N–H and O–H groups in total. The Balaban J connectivity index is 0. The van der Waals surface area contributed by atoms with Crippen LogP contribution in [-0.4, -0.2) is 42.8 Å². The second kappa shape index (κ2) is 43.7. The number of hydrogen-bond donors (Lipinski definition) is 0. The average molecular weight is 780 g/mol. The monoisotopic (exact) mass is 781 g/mol. The molecule has 0 aromatic heterocycles. The van der Waals surface area contributed by atoms with Crippen molar-refractivity contribution in [2.45, 2.75) is 242 Å². The van der Waals surface area contributed by atoms with Crippen LogP contribution in [0.1, 0.15) is 233 Å². The fraction of sp³-hybridized carbons (Fsp3) is 1.00. The van der Waals surface area contributed by atoms with Crippen LogP contribution < -0.4 is 0 Å². The molecule has 6 heteroatoms. The van der Waals surface area contributed by atoms with E-state index in [2.05, 4.69) is 27.7 Å². The first kappa shape index (κ1) is 48.8. The van der Waals surface area contributed by atoms with Crippen molar-refractivity contribution in [3.8, 4) is 0 Å². The van der Waals surface area contributed by atoms with E-state index < -0.39 is 10.4 Å². The standard InChI is InChI=1S/C16H34O4S.2C12H25.Sn/c1-3-5-7-9-11-13-15-19-21(17,18)20-16-14-12-10-8-6-4-2;2*1-3-5-7-9-11-12-10-8-6-4-2;/h3-16H2,1-2H3;2*1,3-12H2,2H3;. The van der Waals surface area contributed by atoms with E-state index in [4.69, 9.17) is 8.37 Å². The van der Waals surface area contributed by atoms with Crippen LogP contribution in [0.15, 0.2) is 0 Å². The molecule has 2 radical (unpaired) electrons. The van der Waals surface area contributed by atoms with E-state index in [9.17, 15) is 8.42 Å². The SMILES string of the molecule is CCCCCCCCCCC[CH2][Sn][CH2]CCCCCCCCCCC.CCCCCCCCOS(=O)(=O)OCCCCCCCC. The molecule has 0 rings (SSSR count). The molecular weight excluding hydrogens is 695 g/mol. The van der Waals surface area contributed by atoms with Gasteiger partial charge in [0.25, 0.3) is 0 Å². The molecule has 0 heterocycles. The Labute approximate surface area is 302 Å². The van der Waals surface area contributed by atoms with Gasteiger partial charge >= 0.3 is 183 Å². The minimum absolute atomic E-state index is 0.0377. The molecule has 0 aliphatic carbocycles. The van der Waals surface area contributed by atoms with Gasteiger partial charge in [-0.3, -0.25) is 0 Å². The van der Waals surface area contributed by atoms with Crippen LogP contribution in [0.2, 0.25) is 8.87 Å². The molecule has 0 aromatic carbocycles. The summed E-state index contributed by atoms with van der Waals surface area (Å²) in [5.41, 5.74) is 0. The van der Waals surface area contributed by atoms with Gasteiger partial charge in [-0.1, -0.05) is 78.1 Å². The van der Waals surface area contributed by atoms with E-state index in [0.717, 1.165) is 38.5 Å². The summed E-state index contributed by atoms with van der Waals surface area (Å²) in [5, 5.41) is 0. The summed E-state index contributed by atoms with van der Waals surface area (Å²) >= 11 is 0.0377. The van der Waals surface area contributed by atoms with Gasteiger partial charge in [-0.05, 0) is 12.8 Å². The van der Waals surface area contributed by atoms with Crippen LogP contribution in [0.5, 0.6) is 0 Å². The van der Waals surface area contributed by atoms with Gasteiger partial charge in [0.05, 0.1) is 13.2 Å². The minimum atomic E-state index is -3.78. The molecule has 0 spiro atoms. The summed E-state index contributed by atoms with van der Waals surface area (Å²) < 4.78 is 35.9. The van der Waals surface area contributed by atoms with Crippen LogP contribution in [0, 0.1) is 0 Å². The molecule has 0 saturated carbocycles. The molecule has 0 fully saturated rings. The zero-order chi connectivity index (χ0) is 34.1. The number of hydrogen-bond acceptors (Lipinski definition) is 4. The van der Waals surface area contributed by atoms with Crippen LogP contribution in [0.25, 0.3) is 0 Å². The van der Waals surface area contributed by atoms with E-state index in [-0.39, 0.29) is 34.4 Å². The van der Waals surface area contributed by atoms with E-state index in [1.807, 2.05) is 0 Å². The van der Waals surface area contributed by atoms with Gasteiger partial charge in [0.15, 0.2) is 0 Å². The maximum absolute atomic E-state index is 11.5. The third kappa shape index (κ3) is 46.8. The summed E-state index contributed by atoms with van der Waals surface area (Å²) in [4.78, 5) is 0. The zero-order valence-corrected chi connectivity index (χ0v) is 35.7. The van der Waals surface area contributed by atoms with Gasteiger partial charge in [0.1, 0.15) is 0 Å². The molecule has 0 aliphatic rings. The van der Waals surface area contributed by atoms with Crippen molar-refractivity contribution in [3.63, 3.8) is 0 Å². The van der Waals surface area contributed by atoms with Gasteiger partial charge in [-0.15, -0.1) is 0 Å². The maximum atomic E-state index is 11.5. The molecule has 278 valence electrons. The Bertz CT molecular complexity index is 583. The third-order valence-electron chi connectivity index (χ3n) is 8.87. The zero-order valence-electron chi connectivity index (χ0n) is 32.0. The summed E-state index contributed by atoms with van der Waals surface area (Å²) in [6.45, 7) is 9.45. The predicted octanol–water partition coefficient (Wildman–Crippen LogP) is 14.4. The fourth-order valence-electron chi connectivity index (χ4n) is 5.72. The summed E-state index contributed by atoms with van der Waals surface area (Å²) in [7, 11) is -3.78. The van der Waals surface area contributed by atoms with Crippen LogP contribution in [0.4, 0.5) is 0 Å². The number of unbranched alkanes of at least 4 members (excludes halogenated alkanes) is 28. The van der Waals surface area contributed by atoms with Crippen molar-refractivity contribution in [1.29, 1.82) is 0 Å². The van der Waals surface area contributed by atoms with Gasteiger partial charge in [0.2, 0.25) is 0 Å². The first-order valence-electron chi connectivity index (χ1n) is 20.8. The Morgan fingerprint density at radius 2 is 0.543 bits per heavy atom. The third-order valence-corrected chi connectivity index (χ3v) is 13.8.